The number of nitrogens with one attached hydrogen (secondary N) is 1. The van der Waals surface area contributed by atoms with Gasteiger partial charge in [0.15, 0.2) is 5.75 Å². The molecule has 10 heteroatoms. The van der Waals surface area contributed by atoms with E-state index in [9.17, 15) is 14.7 Å². The van der Waals surface area contributed by atoms with Crippen molar-refractivity contribution in [3.63, 3.8) is 0 Å². The van der Waals surface area contributed by atoms with E-state index in [0.717, 1.165) is 17.0 Å². The standard InChI is InChI=1S/C21H15N5O4S/c1-10-13(5-6-15(24-10)30-14-4-3-8-22-11(14)2)26-17-16-12(25-21(26)29)7-9-23-19(16)31-18(17)20(27)28/h3-9H,1-2H3,(H,25,29)(H,27,28). The minimum absolute atomic E-state index is 0.0375. The molecule has 2 amide bonds. The lowest BCUT2D eigenvalue weighted by molar-refractivity contribution is 0.0703. The second-order valence-electron chi connectivity index (χ2n) is 6.83. The first-order valence-electron chi connectivity index (χ1n) is 9.27. The summed E-state index contributed by atoms with van der Waals surface area (Å²) in [5.41, 5.74) is 2.49. The second-order valence-corrected chi connectivity index (χ2v) is 7.83. The van der Waals surface area contributed by atoms with Gasteiger partial charge in [-0.25, -0.2) is 19.6 Å². The average molecular weight is 433 g/mol. The van der Waals surface area contributed by atoms with Gasteiger partial charge in [0.2, 0.25) is 5.88 Å². The van der Waals surface area contributed by atoms with Gasteiger partial charge in [-0.15, -0.1) is 11.3 Å². The number of pyridine rings is 3. The minimum Gasteiger partial charge on any atom is -0.477 e. The van der Waals surface area contributed by atoms with Crippen molar-refractivity contribution in [3.05, 3.63) is 59.0 Å². The van der Waals surface area contributed by atoms with Crippen LogP contribution in [-0.4, -0.2) is 32.1 Å². The Labute approximate surface area is 180 Å². The first kappa shape index (κ1) is 18.9. The fourth-order valence-electron chi connectivity index (χ4n) is 3.49. The normalized spacial score (nSPS) is 12.7. The quantitative estimate of drug-likeness (QED) is 0.471. The summed E-state index contributed by atoms with van der Waals surface area (Å²) in [6, 6.07) is 8.04. The first-order valence-corrected chi connectivity index (χ1v) is 10.1. The molecular weight excluding hydrogens is 418 g/mol. The fraction of sp³-hybridized carbons (Fsp3) is 0.0952. The van der Waals surface area contributed by atoms with Gasteiger partial charge in [-0.1, -0.05) is 0 Å². The highest BCUT2D eigenvalue weighted by atomic mass is 32.1. The predicted molar refractivity (Wildman–Crippen MR) is 116 cm³/mol. The van der Waals surface area contributed by atoms with Crippen LogP contribution in [0.1, 0.15) is 21.1 Å². The van der Waals surface area contributed by atoms with E-state index in [1.54, 1.807) is 49.6 Å². The van der Waals surface area contributed by atoms with Crippen molar-refractivity contribution in [2.75, 3.05) is 10.2 Å². The van der Waals surface area contributed by atoms with Crippen molar-refractivity contribution in [1.82, 2.24) is 15.0 Å². The van der Waals surface area contributed by atoms with Crippen LogP contribution in [-0.2, 0) is 0 Å². The number of carbonyl (C=O) groups excluding carboxylic acids is 1. The molecule has 0 fully saturated rings. The Hall–Kier alpha value is -4.05. The highest BCUT2D eigenvalue weighted by Crippen LogP contribution is 2.47. The smallest absolute Gasteiger partial charge is 0.348 e. The minimum atomic E-state index is -1.12. The van der Waals surface area contributed by atoms with E-state index in [1.165, 1.54) is 4.90 Å². The van der Waals surface area contributed by atoms with Crippen molar-refractivity contribution in [3.8, 4) is 11.6 Å². The lowest BCUT2D eigenvalue weighted by Gasteiger charge is -2.29. The summed E-state index contributed by atoms with van der Waals surface area (Å²) in [4.78, 5) is 39.7. The van der Waals surface area contributed by atoms with Gasteiger partial charge in [-0.3, -0.25) is 9.88 Å². The molecule has 5 heterocycles. The molecule has 154 valence electrons. The summed E-state index contributed by atoms with van der Waals surface area (Å²) in [7, 11) is 0. The van der Waals surface area contributed by atoms with E-state index in [1.807, 2.05) is 6.92 Å². The zero-order chi connectivity index (χ0) is 21.7. The van der Waals surface area contributed by atoms with E-state index in [2.05, 4.69) is 20.3 Å². The molecule has 0 unspecified atom stereocenters. The number of urea groups is 1. The molecule has 4 aromatic heterocycles. The number of carboxylic acids is 1. The maximum absolute atomic E-state index is 13.0. The molecule has 1 aliphatic heterocycles. The van der Waals surface area contributed by atoms with Crippen LogP contribution in [0.4, 0.5) is 21.9 Å². The molecule has 31 heavy (non-hydrogen) atoms. The van der Waals surface area contributed by atoms with Crippen LogP contribution < -0.4 is 15.0 Å². The first-order chi connectivity index (χ1) is 14.9. The van der Waals surface area contributed by atoms with E-state index in [-0.39, 0.29) is 4.88 Å². The number of aryl methyl sites for hydroxylation is 2. The molecule has 9 nitrogen and oxygen atoms in total. The number of anilines is 3. The number of aromatic nitrogens is 3. The largest absolute Gasteiger partial charge is 0.477 e. The molecule has 0 saturated heterocycles. The lowest BCUT2D eigenvalue weighted by atomic mass is 10.1. The van der Waals surface area contributed by atoms with Crippen LogP contribution in [0.5, 0.6) is 11.6 Å². The zero-order valence-corrected chi connectivity index (χ0v) is 17.2. The number of carboxylic acid groups (broad SMARTS) is 1. The zero-order valence-electron chi connectivity index (χ0n) is 16.4. The Kier molecular flexibility index (Phi) is 4.29. The third-order valence-electron chi connectivity index (χ3n) is 4.88. The number of aromatic carboxylic acids is 1. The number of hydrogen-bond acceptors (Lipinski definition) is 7. The van der Waals surface area contributed by atoms with Gasteiger partial charge < -0.3 is 15.2 Å². The Balaban J connectivity index is 1.62. The Morgan fingerprint density at radius 3 is 2.71 bits per heavy atom. The van der Waals surface area contributed by atoms with Crippen molar-refractivity contribution in [1.29, 1.82) is 0 Å². The third kappa shape index (κ3) is 3.04. The van der Waals surface area contributed by atoms with Gasteiger partial charge in [0.05, 0.1) is 33.8 Å². The van der Waals surface area contributed by atoms with Gasteiger partial charge in [0, 0.05) is 18.5 Å². The number of carbonyl (C=O) groups is 2. The highest BCUT2D eigenvalue weighted by Gasteiger charge is 2.35. The van der Waals surface area contributed by atoms with Crippen molar-refractivity contribution >= 4 is 50.6 Å². The molecule has 1 aliphatic rings. The molecule has 4 aromatic rings. The summed E-state index contributed by atoms with van der Waals surface area (Å²) in [6.45, 7) is 3.56. The second kappa shape index (κ2) is 7.03. The summed E-state index contributed by atoms with van der Waals surface area (Å²) >= 11 is 1.03. The fourth-order valence-corrected chi connectivity index (χ4v) is 4.48. The van der Waals surface area contributed by atoms with Crippen LogP contribution in [0, 0.1) is 13.8 Å². The Bertz CT molecular complexity index is 1380. The topological polar surface area (TPSA) is 118 Å². The average Bonchev–Trinajstić information content (AvgIpc) is 3.12. The van der Waals surface area contributed by atoms with Gasteiger partial charge >= 0.3 is 12.0 Å². The van der Waals surface area contributed by atoms with Crippen LogP contribution >= 0.6 is 11.3 Å². The number of ether oxygens (including phenoxy) is 1. The Morgan fingerprint density at radius 2 is 1.97 bits per heavy atom. The SMILES string of the molecule is Cc1ncccc1Oc1ccc(N2C(=O)Nc3ccnc4sc(C(=O)O)c2c34)c(C)n1. The monoisotopic (exact) mass is 433 g/mol. The van der Waals surface area contributed by atoms with E-state index in [0.29, 0.717) is 44.6 Å². The molecule has 2 N–H and O–H groups in total. The van der Waals surface area contributed by atoms with Gasteiger partial charge in [-0.05, 0) is 38.1 Å². The van der Waals surface area contributed by atoms with Crippen molar-refractivity contribution in [2.45, 2.75) is 13.8 Å². The van der Waals surface area contributed by atoms with Crippen LogP contribution in [0.3, 0.4) is 0 Å². The number of rotatable bonds is 4. The predicted octanol–water partition coefficient (Wildman–Crippen LogP) is 4.88. The molecule has 0 aliphatic carbocycles. The van der Waals surface area contributed by atoms with Crippen LogP contribution in [0.15, 0.2) is 42.7 Å². The van der Waals surface area contributed by atoms with Crippen LogP contribution in [0.25, 0.3) is 10.2 Å². The highest BCUT2D eigenvalue weighted by molar-refractivity contribution is 7.21. The molecular formula is C21H15N5O4S. The summed E-state index contributed by atoms with van der Waals surface area (Å²) in [6.07, 6.45) is 3.21. The molecule has 0 saturated carbocycles. The third-order valence-corrected chi connectivity index (χ3v) is 5.95. The molecule has 0 bridgehead atoms. The number of amides is 2. The van der Waals surface area contributed by atoms with Gasteiger partial charge in [-0.2, -0.15) is 0 Å². The Morgan fingerprint density at radius 1 is 1.13 bits per heavy atom. The van der Waals surface area contributed by atoms with Crippen molar-refractivity contribution < 1.29 is 19.4 Å². The van der Waals surface area contributed by atoms with Crippen LogP contribution in [0.2, 0.25) is 0 Å². The van der Waals surface area contributed by atoms with E-state index < -0.39 is 12.0 Å². The van der Waals surface area contributed by atoms with Crippen molar-refractivity contribution in [2.24, 2.45) is 0 Å². The van der Waals surface area contributed by atoms with Gasteiger partial charge in [0.1, 0.15) is 9.71 Å². The van der Waals surface area contributed by atoms with Gasteiger partial charge in [0.25, 0.3) is 0 Å². The summed E-state index contributed by atoms with van der Waals surface area (Å²) < 4.78 is 5.83. The van der Waals surface area contributed by atoms with E-state index in [4.69, 9.17) is 4.74 Å². The molecule has 0 spiro atoms. The summed E-state index contributed by atoms with van der Waals surface area (Å²) in [5, 5.41) is 13.2. The maximum Gasteiger partial charge on any atom is 0.348 e. The number of nitrogens with zero attached hydrogens (tertiary/aromatic N) is 4. The summed E-state index contributed by atoms with van der Waals surface area (Å²) in [5.74, 6) is -0.211. The molecule has 0 aromatic carbocycles. The maximum atomic E-state index is 13.0. The molecule has 0 radical (unpaired) electrons. The molecule has 0 atom stereocenters. The number of thiophene rings is 1. The molecule has 5 rings (SSSR count). The number of hydrogen-bond donors (Lipinski definition) is 2. The van der Waals surface area contributed by atoms with E-state index >= 15 is 0 Å². The lowest BCUT2D eigenvalue weighted by Crippen LogP contribution is -2.35.